The summed E-state index contributed by atoms with van der Waals surface area (Å²) in [6.45, 7) is 0.940. The van der Waals surface area contributed by atoms with E-state index in [0.717, 1.165) is 5.56 Å². The molecule has 0 fully saturated rings. The van der Waals surface area contributed by atoms with Gasteiger partial charge in [-0.2, -0.15) is 0 Å². The molecule has 0 aliphatic rings. The third-order valence-corrected chi connectivity index (χ3v) is 3.49. The number of carbonyl (C=O) groups excluding carboxylic acids is 1. The molecule has 0 spiro atoms. The van der Waals surface area contributed by atoms with E-state index < -0.39 is 5.82 Å². The second-order valence-electron chi connectivity index (χ2n) is 4.84. The molecule has 0 heterocycles. The Morgan fingerprint density at radius 2 is 1.86 bits per heavy atom. The van der Waals surface area contributed by atoms with E-state index in [1.54, 1.807) is 12.1 Å². The van der Waals surface area contributed by atoms with Crippen LogP contribution in [0, 0.1) is 5.82 Å². The molecular formula is C17H17ClFNO. The number of nitrogens with one attached hydrogen (secondary N) is 1. The topological polar surface area (TPSA) is 29.1 Å². The maximum absolute atomic E-state index is 13.7. The summed E-state index contributed by atoms with van der Waals surface area (Å²) in [5, 5.41) is 3.19. The number of ketones is 1. The van der Waals surface area contributed by atoms with Crippen LogP contribution < -0.4 is 5.32 Å². The van der Waals surface area contributed by atoms with Crippen molar-refractivity contribution in [3.8, 4) is 0 Å². The van der Waals surface area contributed by atoms with Crippen molar-refractivity contribution in [2.75, 3.05) is 6.54 Å². The molecule has 0 radical (unpaired) electrons. The van der Waals surface area contributed by atoms with Gasteiger partial charge in [-0.05, 0) is 23.6 Å². The van der Waals surface area contributed by atoms with Gasteiger partial charge < -0.3 is 5.32 Å². The molecule has 0 bridgehead atoms. The Bertz CT molecular complexity index is 601. The molecule has 1 N–H and O–H groups in total. The fourth-order valence-corrected chi connectivity index (χ4v) is 2.24. The number of benzene rings is 2. The molecule has 2 rings (SSSR count). The number of aryl methyl sites for hydroxylation is 1. The quantitative estimate of drug-likeness (QED) is 0.843. The lowest BCUT2D eigenvalue weighted by Gasteiger charge is -2.06. The van der Waals surface area contributed by atoms with Gasteiger partial charge in [0.15, 0.2) is 0 Å². The predicted molar refractivity (Wildman–Crippen MR) is 82.9 cm³/mol. The summed E-state index contributed by atoms with van der Waals surface area (Å²) >= 11 is 5.71. The lowest BCUT2D eigenvalue weighted by molar-refractivity contribution is -0.118. The zero-order valence-electron chi connectivity index (χ0n) is 11.6. The zero-order valence-corrected chi connectivity index (χ0v) is 12.4. The van der Waals surface area contributed by atoms with Crippen LogP contribution in [0.3, 0.4) is 0 Å². The largest absolute Gasteiger partial charge is 0.306 e. The van der Waals surface area contributed by atoms with E-state index >= 15 is 0 Å². The van der Waals surface area contributed by atoms with Crippen LogP contribution >= 0.6 is 11.6 Å². The number of carbonyl (C=O) groups is 1. The first kappa shape index (κ1) is 15.7. The smallest absolute Gasteiger partial charge is 0.146 e. The van der Waals surface area contributed by atoms with Crippen LogP contribution in [0.5, 0.6) is 0 Å². The minimum atomic E-state index is -0.427. The molecule has 0 aromatic heterocycles. The van der Waals surface area contributed by atoms with Crippen molar-refractivity contribution < 1.29 is 9.18 Å². The van der Waals surface area contributed by atoms with E-state index in [4.69, 9.17) is 11.6 Å². The van der Waals surface area contributed by atoms with Crippen molar-refractivity contribution in [2.45, 2.75) is 19.4 Å². The molecule has 0 saturated carbocycles. The van der Waals surface area contributed by atoms with Crippen LogP contribution in [0.25, 0.3) is 0 Å². The first-order valence-corrected chi connectivity index (χ1v) is 7.24. The lowest BCUT2D eigenvalue weighted by atomic mass is 10.1. The normalized spacial score (nSPS) is 10.6. The molecule has 110 valence electrons. The third-order valence-electron chi connectivity index (χ3n) is 3.20. The zero-order chi connectivity index (χ0) is 15.1. The van der Waals surface area contributed by atoms with Crippen LogP contribution in [-0.4, -0.2) is 12.3 Å². The summed E-state index contributed by atoms with van der Waals surface area (Å²) in [5.41, 5.74) is 1.62. The maximum atomic E-state index is 13.7. The monoisotopic (exact) mass is 305 g/mol. The highest BCUT2D eigenvalue weighted by Crippen LogP contribution is 2.18. The fraction of sp³-hybridized carbons (Fsp3) is 0.235. The standard InChI is InChI=1S/C17H17ClFNO/c18-16-8-4-7-14(17(16)19)9-10-15(21)12-20-11-13-5-2-1-3-6-13/h1-8,20H,9-12H2. The Balaban J connectivity index is 1.74. The average molecular weight is 306 g/mol. The molecule has 0 saturated heterocycles. The van der Waals surface area contributed by atoms with Crippen molar-refractivity contribution in [3.05, 3.63) is 70.5 Å². The molecule has 0 aliphatic heterocycles. The van der Waals surface area contributed by atoms with E-state index in [1.165, 1.54) is 6.07 Å². The molecule has 0 unspecified atom stereocenters. The summed E-state index contributed by atoms with van der Waals surface area (Å²) in [6, 6.07) is 14.7. The molecule has 2 aromatic rings. The van der Waals surface area contributed by atoms with Crippen molar-refractivity contribution in [1.29, 1.82) is 0 Å². The number of Topliss-reactive ketones (excluding diaryl/α,β-unsaturated/α-hetero) is 1. The van der Waals surface area contributed by atoms with Gasteiger partial charge >= 0.3 is 0 Å². The van der Waals surface area contributed by atoms with Gasteiger partial charge in [-0.25, -0.2) is 4.39 Å². The molecule has 0 aliphatic carbocycles. The SMILES string of the molecule is O=C(CCc1cccc(Cl)c1F)CNCc1ccccc1. The molecule has 21 heavy (non-hydrogen) atoms. The van der Waals surface area contributed by atoms with E-state index in [1.807, 2.05) is 30.3 Å². The first-order valence-electron chi connectivity index (χ1n) is 6.86. The van der Waals surface area contributed by atoms with Crippen LogP contribution in [0.15, 0.2) is 48.5 Å². The highest BCUT2D eigenvalue weighted by atomic mass is 35.5. The molecule has 2 aromatic carbocycles. The van der Waals surface area contributed by atoms with Gasteiger partial charge in [0.1, 0.15) is 11.6 Å². The van der Waals surface area contributed by atoms with Gasteiger partial charge in [0.2, 0.25) is 0 Å². The van der Waals surface area contributed by atoms with E-state index in [-0.39, 0.29) is 17.4 Å². The lowest BCUT2D eigenvalue weighted by Crippen LogP contribution is -2.22. The second kappa shape index (κ2) is 7.91. The van der Waals surface area contributed by atoms with Gasteiger partial charge in [0, 0.05) is 13.0 Å². The Morgan fingerprint density at radius 3 is 2.62 bits per heavy atom. The minimum absolute atomic E-state index is 0.0605. The van der Waals surface area contributed by atoms with Crippen LogP contribution in [-0.2, 0) is 17.8 Å². The van der Waals surface area contributed by atoms with E-state index in [9.17, 15) is 9.18 Å². The van der Waals surface area contributed by atoms with Gasteiger partial charge in [0.05, 0.1) is 11.6 Å². The second-order valence-corrected chi connectivity index (χ2v) is 5.25. The summed E-state index contributed by atoms with van der Waals surface area (Å²) in [4.78, 5) is 11.8. The summed E-state index contributed by atoms with van der Waals surface area (Å²) in [6.07, 6.45) is 0.678. The molecule has 4 heteroatoms. The fourth-order valence-electron chi connectivity index (χ4n) is 2.05. The highest BCUT2D eigenvalue weighted by Gasteiger charge is 2.08. The van der Waals surface area contributed by atoms with Crippen LogP contribution in [0.2, 0.25) is 5.02 Å². The van der Waals surface area contributed by atoms with Crippen molar-refractivity contribution in [2.24, 2.45) is 0 Å². The van der Waals surface area contributed by atoms with Gasteiger partial charge in [0.25, 0.3) is 0 Å². The first-order chi connectivity index (χ1) is 10.2. The minimum Gasteiger partial charge on any atom is -0.306 e. The molecular weight excluding hydrogens is 289 g/mol. The van der Waals surface area contributed by atoms with E-state index in [0.29, 0.717) is 24.9 Å². The number of hydrogen-bond acceptors (Lipinski definition) is 2. The number of rotatable bonds is 7. The summed E-state index contributed by atoms with van der Waals surface area (Å²) in [5.74, 6) is -0.366. The van der Waals surface area contributed by atoms with Crippen LogP contribution in [0.4, 0.5) is 4.39 Å². The van der Waals surface area contributed by atoms with Gasteiger partial charge in [-0.3, -0.25) is 4.79 Å². The number of halogens is 2. The Morgan fingerprint density at radius 1 is 1.10 bits per heavy atom. The Hall–Kier alpha value is -1.71. The molecule has 0 amide bonds. The molecule has 2 nitrogen and oxygen atoms in total. The van der Waals surface area contributed by atoms with Crippen molar-refractivity contribution in [1.82, 2.24) is 5.32 Å². The summed E-state index contributed by atoms with van der Waals surface area (Å²) < 4.78 is 13.7. The van der Waals surface area contributed by atoms with Crippen LogP contribution in [0.1, 0.15) is 17.5 Å². The van der Waals surface area contributed by atoms with Crippen molar-refractivity contribution >= 4 is 17.4 Å². The predicted octanol–water partition coefficient (Wildman–Crippen LogP) is 3.77. The van der Waals surface area contributed by atoms with Gasteiger partial charge in [-0.15, -0.1) is 0 Å². The Labute approximate surface area is 128 Å². The number of hydrogen-bond donors (Lipinski definition) is 1. The van der Waals surface area contributed by atoms with Gasteiger partial charge in [-0.1, -0.05) is 54.1 Å². The average Bonchev–Trinajstić information content (AvgIpc) is 2.50. The van der Waals surface area contributed by atoms with Crippen molar-refractivity contribution in [3.63, 3.8) is 0 Å². The summed E-state index contributed by atoms with van der Waals surface area (Å²) in [7, 11) is 0. The van der Waals surface area contributed by atoms with E-state index in [2.05, 4.69) is 5.32 Å². The Kier molecular flexibility index (Phi) is 5.90. The maximum Gasteiger partial charge on any atom is 0.146 e. The third kappa shape index (κ3) is 4.96. The highest BCUT2D eigenvalue weighted by molar-refractivity contribution is 6.30. The molecule has 0 atom stereocenters.